The molecular formula is C27H27FN6O5S. The van der Waals surface area contributed by atoms with E-state index in [0.29, 0.717) is 28.5 Å². The van der Waals surface area contributed by atoms with Crippen molar-refractivity contribution in [2.24, 2.45) is 10.7 Å². The number of benzene rings is 2. The number of sulfone groups is 1. The second kappa shape index (κ2) is 10.2. The molecule has 11 nitrogen and oxygen atoms in total. The number of nitrogens with two attached hydrogens (primary N) is 1. The van der Waals surface area contributed by atoms with Gasteiger partial charge in [-0.2, -0.15) is 0 Å². The third-order valence-corrected chi connectivity index (χ3v) is 9.64. The van der Waals surface area contributed by atoms with Gasteiger partial charge < -0.3 is 20.7 Å². The van der Waals surface area contributed by atoms with Gasteiger partial charge in [0.1, 0.15) is 17.4 Å². The summed E-state index contributed by atoms with van der Waals surface area (Å²) in [4.78, 5) is 21.0. The number of ether oxygens (including phenoxy) is 1. The fourth-order valence-corrected chi connectivity index (χ4v) is 6.95. The number of allylic oxidation sites excluding steroid dienone is 1. The first-order valence-corrected chi connectivity index (χ1v) is 14.0. The van der Waals surface area contributed by atoms with Gasteiger partial charge in [-0.25, -0.2) is 12.8 Å². The van der Waals surface area contributed by atoms with E-state index in [-0.39, 0.29) is 30.2 Å². The van der Waals surface area contributed by atoms with Crippen molar-refractivity contribution in [3.63, 3.8) is 0 Å². The lowest BCUT2D eigenvalue weighted by atomic mass is 9.95. The van der Waals surface area contributed by atoms with E-state index in [9.17, 15) is 22.9 Å². The number of hydrogen-bond acceptors (Lipinski definition) is 10. The van der Waals surface area contributed by atoms with Gasteiger partial charge in [-0.1, -0.05) is 6.08 Å². The van der Waals surface area contributed by atoms with Crippen molar-refractivity contribution in [3.05, 3.63) is 94.1 Å². The number of nitrogens with one attached hydrogen (secondary N) is 1. The summed E-state index contributed by atoms with van der Waals surface area (Å²) in [7, 11) is -2.28. The van der Waals surface area contributed by atoms with Crippen LogP contribution in [0, 0.1) is 15.9 Å². The molecule has 1 aromatic heterocycles. The highest BCUT2D eigenvalue weighted by atomic mass is 32.2. The first-order valence-electron chi connectivity index (χ1n) is 12.4. The maximum Gasteiger partial charge on any atom is 0.269 e. The van der Waals surface area contributed by atoms with Crippen molar-refractivity contribution in [1.29, 1.82) is 0 Å². The zero-order valence-corrected chi connectivity index (χ0v) is 22.6. The van der Waals surface area contributed by atoms with Gasteiger partial charge >= 0.3 is 0 Å². The van der Waals surface area contributed by atoms with Crippen molar-refractivity contribution in [2.75, 3.05) is 36.2 Å². The molecule has 1 fully saturated rings. The Labute approximate surface area is 230 Å². The van der Waals surface area contributed by atoms with Crippen LogP contribution >= 0.6 is 0 Å². The molecular weight excluding hydrogens is 539 g/mol. The molecule has 2 aliphatic heterocycles. The van der Waals surface area contributed by atoms with E-state index in [1.54, 1.807) is 48.5 Å². The molecule has 1 unspecified atom stereocenters. The maximum absolute atomic E-state index is 15.0. The van der Waals surface area contributed by atoms with E-state index < -0.39 is 37.1 Å². The number of methoxy groups -OCH3 is 1. The van der Waals surface area contributed by atoms with Crippen molar-refractivity contribution >= 4 is 38.4 Å². The molecule has 3 aromatic rings. The number of hydrogen-bond donors (Lipinski definition) is 2. The standard InChI is InChI=1S/C27H27FN6O5S/c1-3-23(24-11-9-20(39-2)13-30-24)31-17-4-10-22(28)21(12-17)25-14-40(37,38)27(26(29)32-25)15-33(16-27)18-5-7-19(8-6-18)34(35)36/h3-13,25,31H,14-16H2,1-2H3,(H2,29,32). The lowest BCUT2D eigenvalue weighted by Crippen LogP contribution is -2.73. The van der Waals surface area contributed by atoms with E-state index in [1.807, 2.05) is 13.0 Å². The molecule has 13 heteroatoms. The molecule has 0 bridgehead atoms. The van der Waals surface area contributed by atoms with Gasteiger partial charge in [0.25, 0.3) is 5.69 Å². The SMILES string of the molecule is CC=C(Nc1ccc(F)c(C2CS(=O)(=O)C3(CN(c4ccc([N+](=O)[O-])cc4)C3)C(N)=N2)c1)c1ccc(OC)cn1. The Morgan fingerprint density at radius 2 is 1.95 bits per heavy atom. The molecule has 0 radical (unpaired) electrons. The maximum atomic E-state index is 15.0. The summed E-state index contributed by atoms with van der Waals surface area (Å²) < 4.78 is 45.8. The van der Waals surface area contributed by atoms with E-state index in [4.69, 9.17) is 10.5 Å². The summed E-state index contributed by atoms with van der Waals surface area (Å²) in [5.74, 6) is -0.462. The number of non-ortho nitro benzene ring substituents is 1. The van der Waals surface area contributed by atoms with Crippen molar-refractivity contribution in [3.8, 4) is 5.75 Å². The van der Waals surface area contributed by atoms with Crippen LogP contribution in [0.15, 0.2) is 71.9 Å². The number of nitro benzene ring substituents is 1. The van der Waals surface area contributed by atoms with Gasteiger partial charge in [-0.05, 0) is 49.4 Å². The minimum Gasteiger partial charge on any atom is -0.495 e. The first kappa shape index (κ1) is 27.1. The topological polar surface area (TPSA) is 153 Å². The lowest BCUT2D eigenvalue weighted by Gasteiger charge is -2.51. The van der Waals surface area contributed by atoms with Crippen LogP contribution in [0.4, 0.5) is 21.5 Å². The Bertz CT molecular complexity index is 1620. The molecule has 0 amide bonds. The summed E-state index contributed by atoms with van der Waals surface area (Å²) >= 11 is 0. The number of aromatic nitrogens is 1. The Hall–Kier alpha value is -4.52. The van der Waals surface area contributed by atoms with Crippen molar-refractivity contribution < 1.29 is 22.5 Å². The highest BCUT2D eigenvalue weighted by Gasteiger charge is 2.59. The quantitative estimate of drug-likeness (QED) is 0.322. The predicted molar refractivity (Wildman–Crippen MR) is 151 cm³/mol. The number of nitrogens with zero attached hydrogens (tertiary/aromatic N) is 4. The second-order valence-electron chi connectivity index (χ2n) is 9.58. The molecule has 1 atom stereocenters. The van der Waals surface area contributed by atoms with Crippen LogP contribution in [0.3, 0.4) is 0 Å². The predicted octanol–water partition coefficient (Wildman–Crippen LogP) is 3.70. The van der Waals surface area contributed by atoms with Crippen LogP contribution < -0.4 is 20.7 Å². The van der Waals surface area contributed by atoms with Gasteiger partial charge in [0, 0.05) is 42.2 Å². The molecule has 5 rings (SSSR count). The van der Waals surface area contributed by atoms with Gasteiger partial charge in [0.15, 0.2) is 14.6 Å². The van der Waals surface area contributed by atoms with Gasteiger partial charge in [-0.3, -0.25) is 20.1 Å². The van der Waals surface area contributed by atoms with E-state index >= 15 is 0 Å². The molecule has 1 saturated heterocycles. The highest BCUT2D eigenvalue weighted by molar-refractivity contribution is 7.93. The Morgan fingerprint density at radius 3 is 2.52 bits per heavy atom. The Kier molecular flexibility index (Phi) is 6.92. The molecule has 3 N–H and O–H groups in total. The molecule has 2 aromatic carbocycles. The Morgan fingerprint density at radius 1 is 1.23 bits per heavy atom. The van der Waals surface area contributed by atoms with Crippen LogP contribution in [0.1, 0.15) is 24.2 Å². The largest absolute Gasteiger partial charge is 0.495 e. The van der Waals surface area contributed by atoms with Crippen molar-refractivity contribution in [1.82, 2.24) is 4.98 Å². The van der Waals surface area contributed by atoms with E-state index in [0.717, 1.165) is 0 Å². The fourth-order valence-electron chi connectivity index (χ4n) is 4.88. The minimum atomic E-state index is -3.83. The first-order chi connectivity index (χ1) is 19.1. The molecule has 40 heavy (non-hydrogen) atoms. The second-order valence-corrected chi connectivity index (χ2v) is 11.9. The average Bonchev–Trinajstić information content (AvgIpc) is 2.91. The number of halogens is 1. The fraction of sp³-hybridized carbons (Fsp3) is 0.259. The molecule has 208 valence electrons. The van der Waals surface area contributed by atoms with Gasteiger partial charge in [0.2, 0.25) is 0 Å². The summed E-state index contributed by atoms with van der Waals surface area (Å²) in [5.41, 5.74) is 8.78. The van der Waals surface area contributed by atoms with E-state index in [2.05, 4.69) is 15.3 Å². The molecule has 1 spiro atoms. The number of rotatable bonds is 7. The highest BCUT2D eigenvalue weighted by Crippen LogP contribution is 2.41. The van der Waals surface area contributed by atoms with Gasteiger partial charge in [0.05, 0.1) is 41.4 Å². The normalized spacial score (nSPS) is 19.5. The number of anilines is 2. The summed E-state index contributed by atoms with van der Waals surface area (Å²) in [6.45, 7) is 1.94. The molecule has 0 saturated carbocycles. The number of aliphatic imine (C=N–C) groups is 1. The summed E-state index contributed by atoms with van der Waals surface area (Å²) in [6, 6.07) is 12.7. The van der Waals surface area contributed by atoms with Crippen LogP contribution in [0.2, 0.25) is 0 Å². The van der Waals surface area contributed by atoms with Crippen LogP contribution in [-0.4, -0.2) is 54.9 Å². The zero-order chi connectivity index (χ0) is 28.7. The van der Waals surface area contributed by atoms with E-state index in [1.165, 1.54) is 24.3 Å². The van der Waals surface area contributed by atoms with Gasteiger partial charge in [-0.15, -0.1) is 0 Å². The molecule has 3 heterocycles. The number of amidine groups is 1. The molecule has 0 aliphatic carbocycles. The number of pyridine rings is 1. The molecule has 2 aliphatic rings. The average molecular weight is 567 g/mol. The third-order valence-electron chi connectivity index (χ3n) is 7.22. The third kappa shape index (κ3) is 4.72. The van der Waals surface area contributed by atoms with Crippen LogP contribution in [0.5, 0.6) is 5.75 Å². The monoisotopic (exact) mass is 566 g/mol. The zero-order valence-electron chi connectivity index (χ0n) is 21.7. The summed E-state index contributed by atoms with van der Waals surface area (Å²) in [5, 5.41) is 14.1. The smallest absolute Gasteiger partial charge is 0.269 e. The summed E-state index contributed by atoms with van der Waals surface area (Å²) in [6.07, 6.45) is 3.40. The minimum absolute atomic E-state index is 0.0544. The number of nitro groups is 1. The van der Waals surface area contributed by atoms with Crippen LogP contribution in [0.25, 0.3) is 5.70 Å². The lowest BCUT2D eigenvalue weighted by molar-refractivity contribution is -0.384. The van der Waals surface area contributed by atoms with Crippen molar-refractivity contribution in [2.45, 2.75) is 17.7 Å². The Balaban J connectivity index is 1.37. The van der Waals surface area contributed by atoms with Crippen LogP contribution in [-0.2, 0) is 9.84 Å².